The van der Waals surface area contributed by atoms with E-state index >= 15 is 0 Å². The number of thiophene rings is 1. The molecular formula is C17H22ClNO2S. The average molecular weight is 340 g/mol. The Kier molecular flexibility index (Phi) is 6.55. The molecule has 2 rings (SSSR count). The van der Waals surface area contributed by atoms with Gasteiger partial charge in [-0.3, -0.25) is 0 Å². The van der Waals surface area contributed by atoms with Crippen LogP contribution in [0.5, 0.6) is 11.5 Å². The summed E-state index contributed by atoms with van der Waals surface area (Å²) in [5, 5.41) is 6.01. The number of hydrogen-bond donors (Lipinski definition) is 1. The van der Waals surface area contributed by atoms with Crippen molar-refractivity contribution in [3.63, 3.8) is 0 Å². The normalized spacial score (nSPS) is 11.0. The van der Waals surface area contributed by atoms with Crippen LogP contribution in [0.25, 0.3) is 0 Å². The smallest absolute Gasteiger partial charge is 0.180 e. The molecule has 22 heavy (non-hydrogen) atoms. The molecule has 0 radical (unpaired) electrons. The van der Waals surface area contributed by atoms with Crippen molar-refractivity contribution in [2.75, 3.05) is 13.7 Å². The van der Waals surface area contributed by atoms with Gasteiger partial charge in [-0.25, -0.2) is 0 Å². The Morgan fingerprint density at radius 2 is 2.14 bits per heavy atom. The molecule has 0 aliphatic rings. The summed E-state index contributed by atoms with van der Waals surface area (Å²) >= 11 is 8.03. The van der Waals surface area contributed by atoms with Gasteiger partial charge in [0.2, 0.25) is 0 Å². The Hall–Kier alpha value is -1.23. The molecule has 0 spiro atoms. The standard InChI is InChI=1S/C17H22ClNO2S/c1-12(2)9-19-10-13-7-15(18)17(16(8-13)20-3)21-11-14-5-4-6-22-14/h4-8,12,19H,9-11H2,1-3H3. The van der Waals surface area contributed by atoms with Crippen molar-refractivity contribution in [2.45, 2.75) is 27.0 Å². The molecule has 0 fully saturated rings. The second-order valence-electron chi connectivity index (χ2n) is 5.50. The highest BCUT2D eigenvalue weighted by Gasteiger charge is 2.12. The maximum Gasteiger partial charge on any atom is 0.180 e. The molecule has 1 heterocycles. The van der Waals surface area contributed by atoms with Gasteiger partial charge >= 0.3 is 0 Å². The second kappa shape index (κ2) is 8.42. The van der Waals surface area contributed by atoms with Crippen LogP contribution in [0.1, 0.15) is 24.3 Å². The number of benzene rings is 1. The van der Waals surface area contributed by atoms with Crippen LogP contribution in [0, 0.1) is 5.92 Å². The predicted molar refractivity (Wildman–Crippen MR) is 93.2 cm³/mol. The summed E-state index contributed by atoms with van der Waals surface area (Å²) in [4.78, 5) is 1.15. The quantitative estimate of drug-likeness (QED) is 0.753. The summed E-state index contributed by atoms with van der Waals surface area (Å²) in [5.41, 5.74) is 1.09. The molecule has 0 saturated heterocycles. The van der Waals surface area contributed by atoms with Crippen molar-refractivity contribution in [3.8, 4) is 11.5 Å². The second-order valence-corrected chi connectivity index (χ2v) is 6.94. The summed E-state index contributed by atoms with van der Waals surface area (Å²) in [5.74, 6) is 1.89. The largest absolute Gasteiger partial charge is 0.493 e. The molecule has 3 nitrogen and oxygen atoms in total. The third kappa shape index (κ3) is 4.90. The van der Waals surface area contributed by atoms with E-state index in [1.54, 1.807) is 18.4 Å². The van der Waals surface area contributed by atoms with Gasteiger partial charge in [-0.15, -0.1) is 11.3 Å². The van der Waals surface area contributed by atoms with Crippen molar-refractivity contribution < 1.29 is 9.47 Å². The number of methoxy groups -OCH3 is 1. The van der Waals surface area contributed by atoms with E-state index in [-0.39, 0.29) is 0 Å². The fourth-order valence-corrected chi connectivity index (χ4v) is 2.96. The number of rotatable bonds is 8. The van der Waals surface area contributed by atoms with Crippen molar-refractivity contribution >= 4 is 22.9 Å². The maximum absolute atomic E-state index is 6.37. The first-order chi connectivity index (χ1) is 10.6. The van der Waals surface area contributed by atoms with E-state index in [1.165, 1.54) is 0 Å². The Balaban J connectivity index is 2.06. The molecule has 0 amide bonds. The molecular weight excluding hydrogens is 318 g/mol. The monoisotopic (exact) mass is 339 g/mol. The van der Waals surface area contributed by atoms with Gasteiger partial charge in [-0.2, -0.15) is 0 Å². The van der Waals surface area contributed by atoms with Crippen LogP contribution in [0.3, 0.4) is 0 Å². The third-order valence-corrected chi connectivity index (χ3v) is 4.24. The van der Waals surface area contributed by atoms with Gasteiger partial charge in [0.1, 0.15) is 6.61 Å². The van der Waals surface area contributed by atoms with E-state index in [2.05, 4.69) is 19.2 Å². The number of hydrogen-bond acceptors (Lipinski definition) is 4. The van der Waals surface area contributed by atoms with Crippen LogP contribution >= 0.6 is 22.9 Å². The lowest BCUT2D eigenvalue weighted by Crippen LogP contribution is -2.19. The Morgan fingerprint density at radius 3 is 2.77 bits per heavy atom. The van der Waals surface area contributed by atoms with E-state index in [9.17, 15) is 0 Å². The topological polar surface area (TPSA) is 30.5 Å². The molecule has 5 heteroatoms. The first-order valence-corrected chi connectivity index (χ1v) is 8.58. The molecule has 120 valence electrons. The molecule has 0 unspecified atom stereocenters. The summed E-state index contributed by atoms with van der Waals surface area (Å²) in [6.07, 6.45) is 0. The van der Waals surface area contributed by atoms with Crippen LogP contribution in [0.2, 0.25) is 5.02 Å². The molecule has 1 aromatic carbocycles. The predicted octanol–water partition coefficient (Wildman–Crippen LogP) is 4.73. The van der Waals surface area contributed by atoms with E-state index < -0.39 is 0 Å². The zero-order valence-electron chi connectivity index (χ0n) is 13.2. The molecule has 0 saturated carbocycles. The lowest BCUT2D eigenvalue weighted by atomic mass is 10.1. The first-order valence-electron chi connectivity index (χ1n) is 7.32. The molecule has 1 N–H and O–H groups in total. The minimum atomic E-state index is 0.499. The van der Waals surface area contributed by atoms with Crippen LogP contribution in [0.15, 0.2) is 29.6 Å². The number of ether oxygens (including phenoxy) is 2. The minimum Gasteiger partial charge on any atom is -0.493 e. The lowest BCUT2D eigenvalue weighted by Gasteiger charge is -2.14. The zero-order valence-corrected chi connectivity index (χ0v) is 14.8. The summed E-state index contributed by atoms with van der Waals surface area (Å²) in [6, 6.07) is 7.95. The molecule has 0 aliphatic heterocycles. The van der Waals surface area contributed by atoms with E-state index in [0.717, 1.165) is 23.5 Å². The highest BCUT2D eigenvalue weighted by atomic mass is 35.5. The number of halogens is 1. The van der Waals surface area contributed by atoms with Crippen LogP contribution in [0.4, 0.5) is 0 Å². The molecule has 0 aliphatic carbocycles. The highest BCUT2D eigenvalue weighted by molar-refractivity contribution is 7.09. The van der Waals surface area contributed by atoms with Crippen molar-refractivity contribution in [1.29, 1.82) is 0 Å². The van der Waals surface area contributed by atoms with Crippen molar-refractivity contribution in [1.82, 2.24) is 5.32 Å². The fourth-order valence-electron chi connectivity index (χ4n) is 2.06. The van der Waals surface area contributed by atoms with Crippen molar-refractivity contribution in [3.05, 3.63) is 45.1 Å². The van der Waals surface area contributed by atoms with Gasteiger partial charge < -0.3 is 14.8 Å². The van der Waals surface area contributed by atoms with Gasteiger partial charge in [0.15, 0.2) is 11.5 Å². The zero-order chi connectivity index (χ0) is 15.9. The Bertz CT molecular complexity index is 585. The highest BCUT2D eigenvalue weighted by Crippen LogP contribution is 2.37. The lowest BCUT2D eigenvalue weighted by molar-refractivity contribution is 0.287. The summed E-state index contributed by atoms with van der Waals surface area (Å²) in [6.45, 7) is 6.60. The summed E-state index contributed by atoms with van der Waals surface area (Å²) < 4.78 is 11.3. The van der Waals surface area contributed by atoms with E-state index in [0.29, 0.717) is 29.0 Å². The average Bonchev–Trinajstić information content (AvgIpc) is 2.98. The first kappa shape index (κ1) is 17.1. The fraction of sp³-hybridized carbons (Fsp3) is 0.412. The van der Waals surface area contributed by atoms with Crippen LogP contribution < -0.4 is 14.8 Å². The van der Waals surface area contributed by atoms with Gasteiger partial charge in [-0.05, 0) is 41.6 Å². The summed E-state index contributed by atoms with van der Waals surface area (Å²) in [7, 11) is 1.63. The SMILES string of the molecule is COc1cc(CNCC(C)C)cc(Cl)c1OCc1cccs1. The van der Waals surface area contributed by atoms with E-state index in [1.807, 2.05) is 29.6 Å². The van der Waals surface area contributed by atoms with Crippen LogP contribution in [-0.4, -0.2) is 13.7 Å². The third-order valence-electron chi connectivity index (χ3n) is 3.11. The van der Waals surface area contributed by atoms with Gasteiger partial charge in [-0.1, -0.05) is 31.5 Å². The Morgan fingerprint density at radius 1 is 1.32 bits per heavy atom. The molecule has 0 bridgehead atoms. The van der Waals surface area contributed by atoms with Gasteiger partial charge in [0.05, 0.1) is 12.1 Å². The number of nitrogens with one attached hydrogen (secondary N) is 1. The molecule has 1 aromatic heterocycles. The minimum absolute atomic E-state index is 0.499. The molecule has 2 aromatic rings. The van der Waals surface area contributed by atoms with Crippen LogP contribution in [-0.2, 0) is 13.2 Å². The van der Waals surface area contributed by atoms with Crippen molar-refractivity contribution in [2.24, 2.45) is 5.92 Å². The molecule has 0 atom stereocenters. The van der Waals surface area contributed by atoms with E-state index in [4.69, 9.17) is 21.1 Å². The Labute approximate surface area is 141 Å². The maximum atomic E-state index is 6.37. The van der Waals surface area contributed by atoms with Gasteiger partial charge in [0.25, 0.3) is 0 Å². The van der Waals surface area contributed by atoms with Gasteiger partial charge in [0, 0.05) is 11.4 Å².